The fraction of sp³-hybridized carbons (Fsp3) is 0.591. The molecule has 2 aromatic rings. The van der Waals surface area contributed by atoms with Gasteiger partial charge in [-0.3, -0.25) is 4.90 Å². The highest BCUT2D eigenvalue weighted by Crippen LogP contribution is 2.27. The van der Waals surface area contributed by atoms with Crippen molar-refractivity contribution in [1.29, 1.82) is 0 Å². The summed E-state index contributed by atoms with van der Waals surface area (Å²) in [5.74, 6) is 1.66. The number of carbonyl (C=O) groups is 1. The molecular weight excluding hydrogens is 366 g/mol. The van der Waals surface area contributed by atoms with Crippen LogP contribution in [0.15, 0.2) is 28.8 Å². The van der Waals surface area contributed by atoms with Crippen LogP contribution in [0.5, 0.6) is 0 Å². The minimum atomic E-state index is 0.0718. The fourth-order valence-electron chi connectivity index (χ4n) is 4.34. The number of piperidine rings is 2. The summed E-state index contributed by atoms with van der Waals surface area (Å²) in [6.07, 6.45) is 3.78. The monoisotopic (exact) mass is 397 g/mol. The molecule has 7 heteroatoms. The summed E-state index contributed by atoms with van der Waals surface area (Å²) >= 11 is 0. The maximum atomic E-state index is 12.7. The number of nitrogens with zero attached hydrogens (tertiary/aromatic N) is 4. The third kappa shape index (κ3) is 4.96. The lowest BCUT2D eigenvalue weighted by molar-refractivity contribution is 0.156. The molecule has 2 amide bonds. The molecule has 1 aromatic carbocycles. The van der Waals surface area contributed by atoms with Crippen LogP contribution >= 0.6 is 0 Å². The largest absolute Gasteiger partial charge is 0.339 e. The van der Waals surface area contributed by atoms with E-state index < -0.39 is 0 Å². The first-order valence-electron chi connectivity index (χ1n) is 10.7. The molecule has 0 radical (unpaired) electrons. The van der Waals surface area contributed by atoms with Gasteiger partial charge in [-0.05, 0) is 50.7 Å². The van der Waals surface area contributed by atoms with Crippen molar-refractivity contribution in [3.63, 3.8) is 0 Å². The number of rotatable bonds is 4. The summed E-state index contributed by atoms with van der Waals surface area (Å²) in [7, 11) is 0. The van der Waals surface area contributed by atoms with Crippen molar-refractivity contribution in [3.05, 3.63) is 47.1 Å². The second-order valence-electron chi connectivity index (χ2n) is 8.37. The standard InChI is InChI=1S/C22H31N5O2/c1-16-5-3-4-6-19(16)15-26-11-9-20(10-12-26)24-22(28)27-13-7-18(8-14-27)21-23-17(2)25-29-21/h3-6,18,20H,7-15H2,1-2H3,(H,24,28). The number of benzene rings is 1. The fourth-order valence-corrected chi connectivity index (χ4v) is 4.34. The van der Waals surface area contributed by atoms with Gasteiger partial charge in [-0.25, -0.2) is 4.79 Å². The second kappa shape index (κ2) is 8.95. The average Bonchev–Trinajstić information content (AvgIpc) is 3.17. The summed E-state index contributed by atoms with van der Waals surface area (Å²) in [5, 5.41) is 7.13. The molecule has 7 nitrogen and oxygen atoms in total. The predicted octanol–water partition coefficient (Wildman–Crippen LogP) is 3.24. The third-order valence-corrected chi connectivity index (χ3v) is 6.25. The lowest BCUT2D eigenvalue weighted by atomic mass is 9.97. The van der Waals surface area contributed by atoms with E-state index in [0.717, 1.165) is 58.4 Å². The van der Waals surface area contributed by atoms with Crippen LogP contribution in [0.3, 0.4) is 0 Å². The Morgan fingerprint density at radius 2 is 1.83 bits per heavy atom. The van der Waals surface area contributed by atoms with E-state index in [1.54, 1.807) is 0 Å². The molecule has 29 heavy (non-hydrogen) atoms. The van der Waals surface area contributed by atoms with Crippen molar-refractivity contribution in [2.75, 3.05) is 26.2 Å². The van der Waals surface area contributed by atoms with Gasteiger partial charge in [0.15, 0.2) is 5.82 Å². The van der Waals surface area contributed by atoms with Gasteiger partial charge in [0.05, 0.1) is 0 Å². The SMILES string of the molecule is Cc1noc(C2CCN(C(=O)NC3CCN(Cc4ccccc4C)CC3)CC2)n1. The zero-order chi connectivity index (χ0) is 20.2. The topological polar surface area (TPSA) is 74.5 Å². The molecule has 1 N–H and O–H groups in total. The van der Waals surface area contributed by atoms with Gasteiger partial charge in [-0.15, -0.1) is 0 Å². The molecule has 2 aliphatic rings. The van der Waals surface area contributed by atoms with Gasteiger partial charge < -0.3 is 14.7 Å². The molecule has 1 aromatic heterocycles. The number of aryl methyl sites for hydroxylation is 2. The number of amides is 2. The van der Waals surface area contributed by atoms with Crippen LogP contribution in [0.1, 0.15) is 54.4 Å². The lowest BCUT2D eigenvalue weighted by Crippen LogP contribution is -2.50. The van der Waals surface area contributed by atoms with Crippen LogP contribution in [-0.4, -0.2) is 58.2 Å². The molecule has 156 valence electrons. The maximum Gasteiger partial charge on any atom is 0.317 e. The zero-order valence-electron chi connectivity index (χ0n) is 17.4. The van der Waals surface area contributed by atoms with E-state index in [0.29, 0.717) is 11.7 Å². The Hall–Kier alpha value is -2.41. The summed E-state index contributed by atoms with van der Waals surface area (Å²) in [6.45, 7) is 8.53. The smallest absolute Gasteiger partial charge is 0.317 e. The highest BCUT2D eigenvalue weighted by atomic mass is 16.5. The van der Waals surface area contributed by atoms with Gasteiger partial charge in [0.2, 0.25) is 5.89 Å². The van der Waals surface area contributed by atoms with E-state index in [9.17, 15) is 4.79 Å². The Bertz CT molecular complexity index is 820. The summed E-state index contributed by atoms with van der Waals surface area (Å²) in [5.41, 5.74) is 2.75. The minimum absolute atomic E-state index is 0.0718. The number of hydrogen-bond donors (Lipinski definition) is 1. The van der Waals surface area contributed by atoms with E-state index >= 15 is 0 Å². The third-order valence-electron chi connectivity index (χ3n) is 6.25. The van der Waals surface area contributed by atoms with Crippen molar-refractivity contribution >= 4 is 6.03 Å². The van der Waals surface area contributed by atoms with E-state index in [1.165, 1.54) is 11.1 Å². The summed E-state index contributed by atoms with van der Waals surface area (Å²) < 4.78 is 5.30. The average molecular weight is 398 g/mol. The van der Waals surface area contributed by atoms with E-state index in [1.807, 2.05) is 11.8 Å². The lowest BCUT2D eigenvalue weighted by Gasteiger charge is -2.35. The molecule has 0 spiro atoms. The Morgan fingerprint density at radius 1 is 1.10 bits per heavy atom. The van der Waals surface area contributed by atoms with Gasteiger partial charge in [0.1, 0.15) is 0 Å². The highest BCUT2D eigenvalue weighted by molar-refractivity contribution is 5.74. The van der Waals surface area contributed by atoms with Crippen molar-refractivity contribution in [2.45, 2.75) is 58.0 Å². The van der Waals surface area contributed by atoms with Gasteiger partial charge in [-0.1, -0.05) is 29.4 Å². The first-order valence-corrected chi connectivity index (χ1v) is 10.7. The number of nitrogens with one attached hydrogen (secondary N) is 1. The first-order chi connectivity index (χ1) is 14.1. The number of urea groups is 1. The van der Waals surface area contributed by atoms with Crippen molar-refractivity contribution < 1.29 is 9.32 Å². The van der Waals surface area contributed by atoms with Crippen molar-refractivity contribution in [1.82, 2.24) is 25.3 Å². The summed E-state index contributed by atoms with van der Waals surface area (Å²) in [4.78, 5) is 21.4. The number of likely N-dealkylation sites (tertiary alicyclic amines) is 2. The quantitative estimate of drug-likeness (QED) is 0.857. The van der Waals surface area contributed by atoms with E-state index in [2.05, 4.69) is 51.5 Å². The zero-order valence-corrected chi connectivity index (χ0v) is 17.4. The van der Waals surface area contributed by atoms with Crippen LogP contribution in [0.25, 0.3) is 0 Å². The molecule has 2 saturated heterocycles. The van der Waals surface area contributed by atoms with Gasteiger partial charge >= 0.3 is 6.03 Å². The van der Waals surface area contributed by atoms with Crippen LogP contribution < -0.4 is 5.32 Å². The normalized spacial score (nSPS) is 19.4. The minimum Gasteiger partial charge on any atom is -0.339 e. The van der Waals surface area contributed by atoms with Crippen molar-refractivity contribution in [3.8, 4) is 0 Å². The van der Waals surface area contributed by atoms with Crippen molar-refractivity contribution in [2.24, 2.45) is 0 Å². The molecule has 0 saturated carbocycles. The molecule has 2 fully saturated rings. The van der Waals surface area contributed by atoms with E-state index in [4.69, 9.17) is 4.52 Å². The molecule has 0 bridgehead atoms. The Kier molecular flexibility index (Phi) is 6.13. The number of aromatic nitrogens is 2. The second-order valence-corrected chi connectivity index (χ2v) is 8.37. The molecule has 2 aliphatic heterocycles. The predicted molar refractivity (Wildman–Crippen MR) is 111 cm³/mol. The van der Waals surface area contributed by atoms with Crippen LogP contribution in [-0.2, 0) is 6.54 Å². The Morgan fingerprint density at radius 3 is 2.48 bits per heavy atom. The summed E-state index contributed by atoms with van der Waals surface area (Å²) in [6, 6.07) is 8.92. The molecular formula is C22H31N5O2. The van der Waals surface area contributed by atoms with Gasteiger partial charge in [0.25, 0.3) is 0 Å². The molecule has 0 unspecified atom stereocenters. The first kappa shape index (κ1) is 19.9. The molecule has 0 atom stereocenters. The van der Waals surface area contributed by atoms with Crippen LogP contribution in [0.4, 0.5) is 4.79 Å². The number of carbonyl (C=O) groups excluding carboxylic acids is 1. The molecule has 0 aliphatic carbocycles. The number of hydrogen-bond acceptors (Lipinski definition) is 5. The Labute approximate surface area is 172 Å². The van der Waals surface area contributed by atoms with Crippen LogP contribution in [0.2, 0.25) is 0 Å². The van der Waals surface area contributed by atoms with Crippen LogP contribution in [0, 0.1) is 13.8 Å². The molecule has 4 rings (SSSR count). The van der Waals surface area contributed by atoms with E-state index in [-0.39, 0.29) is 18.0 Å². The molecule has 3 heterocycles. The highest BCUT2D eigenvalue weighted by Gasteiger charge is 2.29. The maximum absolute atomic E-state index is 12.7. The van der Waals surface area contributed by atoms with Gasteiger partial charge in [0, 0.05) is 44.7 Å². The van der Waals surface area contributed by atoms with Gasteiger partial charge in [-0.2, -0.15) is 4.98 Å². The Balaban J connectivity index is 1.20.